The van der Waals surface area contributed by atoms with Crippen molar-refractivity contribution in [3.05, 3.63) is 0 Å². The van der Waals surface area contributed by atoms with Crippen LogP contribution in [0.2, 0.25) is 0 Å². The van der Waals surface area contributed by atoms with E-state index in [1.807, 2.05) is 104 Å². The van der Waals surface area contributed by atoms with Crippen LogP contribution in [0.5, 0.6) is 0 Å². The third-order valence-electron chi connectivity index (χ3n) is 39.1. The molecule has 850 valence electrons. The van der Waals surface area contributed by atoms with Crippen molar-refractivity contribution in [1.29, 1.82) is 0 Å². The van der Waals surface area contributed by atoms with Gasteiger partial charge in [0.15, 0.2) is 0 Å². The van der Waals surface area contributed by atoms with Crippen molar-refractivity contribution < 1.29 is 101 Å². The average Bonchev–Trinajstić information content (AvgIpc) is 0.893. The molecule has 24 fully saturated rings. The minimum absolute atomic E-state index is 0. The molecule has 0 aromatic rings. The minimum Gasteiger partial charge on any atom is -0.463 e. The fourth-order valence-corrected chi connectivity index (χ4v) is 29.6. The number of rotatable bonds is 23. The van der Waals surface area contributed by atoms with Crippen LogP contribution in [0.4, 0.5) is 0 Å². The molecule has 22 saturated carbocycles. The Balaban J connectivity index is 0. The Morgan fingerprint density at radius 2 is 0.715 bits per heavy atom. The van der Waals surface area contributed by atoms with E-state index in [9.17, 15) is 58.5 Å². The lowest BCUT2D eigenvalue weighted by Crippen LogP contribution is -2.67. The van der Waals surface area contributed by atoms with Crippen molar-refractivity contribution in [2.45, 2.75) is 584 Å². The lowest BCUT2D eigenvalue weighted by Gasteiger charge is -2.62. The molecule has 0 radical (unpaired) electrons. The number of fused-ring (bicyclic) bond motifs is 1. The zero-order chi connectivity index (χ0) is 95.5. The molecule has 11 unspecified atom stereocenters. The maximum atomic E-state index is 12.6. The van der Waals surface area contributed by atoms with Crippen molar-refractivity contribution in [2.75, 3.05) is 6.61 Å². The molecule has 2 saturated heterocycles. The molecule has 24 rings (SSSR count). The first-order chi connectivity index (χ1) is 60.4. The van der Waals surface area contributed by atoms with Gasteiger partial charge in [-0.2, -0.15) is 0 Å². The number of carbonyl (C=O) groups excluding carboxylic acids is 9. The first kappa shape index (κ1) is 141. The maximum Gasteiger partial charge on any atom is 0.347 e. The number of cyclic esters (lactones) is 1. The Kier molecular flexibility index (Phi) is 50.7. The molecular formula is C123H232O21. The number of carbonyl (C=O) groups is 9. The Labute approximate surface area is 884 Å². The summed E-state index contributed by atoms with van der Waals surface area (Å²) in [6, 6.07) is 0. The van der Waals surface area contributed by atoms with E-state index in [4.69, 9.17) is 42.6 Å². The van der Waals surface area contributed by atoms with Crippen molar-refractivity contribution >= 4 is 53.7 Å². The van der Waals surface area contributed by atoms with Crippen LogP contribution < -0.4 is 0 Å². The second-order valence-corrected chi connectivity index (χ2v) is 51.7. The summed E-state index contributed by atoms with van der Waals surface area (Å²) in [5.41, 5.74) is -6.08. The van der Waals surface area contributed by atoms with Crippen LogP contribution in [0, 0.1) is 144 Å². The quantitative estimate of drug-likeness (QED) is 0.0632. The number of esters is 9. The summed E-state index contributed by atoms with van der Waals surface area (Å²) in [6.07, 6.45) is 38.6. The molecule has 2 aliphatic heterocycles. The molecule has 22 bridgehead atoms. The van der Waals surface area contributed by atoms with Crippen LogP contribution >= 0.6 is 0 Å². The summed E-state index contributed by atoms with van der Waals surface area (Å²) >= 11 is 0. The van der Waals surface area contributed by atoms with Crippen LogP contribution in [0.25, 0.3) is 0 Å². The zero-order valence-electron chi connectivity index (χ0n) is 85.1. The van der Waals surface area contributed by atoms with Gasteiger partial charge in [-0.1, -0.05) is 166 Å². The summed E-state index contributed by atoms with van der Waals surface area (Å²) in [5.74, 6) is 9.76. The van der Waals surface area contributed by atoms with Crippen LogP contribution in [0.1, 0.15) is 521 Å². The van der Waals surface area contributed by atoms with Gasteiger partial charge in [0.05, 0.1) is 67.7 Å². The maximum absolute atomic E-state index is 12.6. The molecule has 22 aliphatic carbocycles. The monoisotopic (exact) mass is 2050 g/mol. The summed E-state index contributed by atoms with van der Waals surface area (Å²) in [7, 11) is 0. The SMILES string of the molecule is C.C.C.C.C.C.C.C.C.C.C.C.C.C.CCC(C)(C)C(=O)OC(C)(C)C12CC3CC(CC(C3)C1)C2.CCC(C)(C)C(=O)OC1(C)C2CC3CC(C2)CC1C3.CCC(C)(C)C(=O)OC1(CC)C2CC3CC(C2)CC1C3.CCC(C)(C)C(=O)OC12CC3CC(CC(O)(C3)C1)C2.CCC(C)(C)C(=O)OC12CC3CC(O)(CC(O)(C3)C1)C2.CCC(C)(C)C(=O)OC1CCOC1=O.CCC(C)C(=O)OC1C2CC3C(=O)OC1C3C2. The number of hydrogen-bond donors (Lipinski definition) is 3. The molecule has 3 N–H and O–H groups in total. The topological polar surface area (TPSA) is 297 Å². The average molecular weight is 2050 g/mol. The van der Waals surface area contributed by atoms with Gasteiger partial charge in [-0.3, -0.25) is 38.4 Å². The molecule has 21 heteroatoms. The highest BCUT2D eigenvalue weighted by molar-refractivity contribution is 5.83. The molecule has 144 heavy (non-hydrogen) atoms. The minimum atomic E-state index is -0.842. The summed E-state index contributed by atoms with van der Waals surface area (Å²) in [6.45, 7) is 48.5. The molecule has 0 aromatic carbocycles. The van der Waals surface area contributed by atoms with Gasteiger partial charge in [-0.15, -0.1) is 0 Å². The van der Waals surface area contributed by atoms with Gasteiger partial charge in [0.1, 0.15) is 40.2 Å². The third-order valence-corrected chi connectivity index (χ3v) is 39.1. The van der Waals surface area contributed by atoms with Gasteiger partial charge in [-0.05, 0) is 405 Å². The van der Waals surface area contributed by atoms with Gasteiger partial charge >= 0.3 is 53.7 Å². The van der Waals surface area contributed by atoms with Gasteiger partial charge < -0.3 is 58.0 Å². The van der Waals surface area contributed by atoms with E-state index in [1.54, 1.807) is 13.8 Å². The molecule has 0 amide bonds. The first-order valence-corrected chi connectivity index (χ1v) is 52.5. The summed E-state index contributed by atoms with van der Waals surface area (Å²) in [5, 5.41) is 32.0. The van der Waals surface area contributed by atoms with Gasteiger partial charge in [-0.25, -0.2) is 4.79 Å². The predicted molar refractivity (Wildman–Crippen MR) is 590 cm³/mol. The molecule has 2 heterocycles. The summed E-state index contributed by atoms with van der Waals surface area (Å²) < 4.78 is 51.1. The van der Waals surface area contributed by atoms with E-state index >= 15 is 0 Å². The molecule has 21 nitrogen and oxygen atoms in total. The standard InChI is InChI=1S/C19H32O2.C18H30O2.C17H28O2.C16H26O4.C16H26O3.C13H18O4.C10H16O4.14CH4/c1-6-17(2,3)16(20)21-18(4,5)19-10-13-7-14(11-19)9-15(8-13)12-19;1-5-17(3,4)16(19)20-18(6-2)14-8-12-7-13(10-14)11-15(18)9-12;1-5-16(2,3)15(18)19-17(4)13-7-11-6-12(9-13)10-14(17)8-11;1-4-13(2,3)12(17)20-16-7-11-5-14(18,9-16)8-15(19,6-11)10-16;1-4-14(2,3)13(17)19-16-8-11-5-12(9-16)7-15(18,6-11)10-16;1-3-6(2)12(14)16-10-7-4-8-9(5-7)13(15)17-11(8)10;1-4-10(2,3)9(12)14-7-5-6-13-8(7)11;;;;;;;;;;;;;;/h13-15H,6-12H2,1-5H3;12-15H,5-11H2,1-4H3;11-14H,5-10H2,1-4H3;11,18-19H,4-10H2,1-3H3;11-12,18H,4-10H2,1-3H3;6-11H,3-5H2,1-2H3;7H,4-6H2,1-3H3;14*1H4. The van der Waals surface area contributed by atoms with E-state index in [1.165, 1.54) is 109 Å². The zero-order valence-corrected chi connectivity index (χ0v) is 85.1. The molecule has 11 atom stereocenters. The molecule has 0 spiro atoms. The highest BCUT2D eigenvalue weighted by Crippen LogP contribution is 2.68. The highest BCUT2D eigenvalue weighted by Gasteiger charge is 2.68. The fraction of sp³-hybridized carbons (Fsp3) is 0.927. The number of aliphatic hydroxyl groups is 3. The van der Waals surface area contributed by atoms with E-state index in [0.717, 1.165) is 144 Å². The van der Waals surface area contributed by atoms with Gasteiger partial charge in [0, 0.05) is 49.4 Å². The Hall–Kier alpha value is -4.89. The van der Waals surface area contributed by atoms with Crippen molar-refractivity contribution in [3.63, 3.8) is 0 Å². The largest absolute Gasteiger partial charge is 0.463 e. The van der Waals surface area contributed by atoms with Crippen LogP contribution in [-0.4, -0.2) is 139 Å². The van der Waals surface area contributed by atoms with Crippen molar-refractivity contribution in [3.8, 4) is 0 Å². The molecular weight excluding hydrogens is 1810 g/mol. The van der Waals surface area contributed by atoms with Crippen LogP contribution in [-0.2, 0) is 85.8 Å². The first-order valence-electron chi connectivity index (χ1n) is 52.5. The van der Waals surface area contributed by atoms with Crippen LogP contribution in [0.15, 0.2) is 0 Å². The molecule has 0 aromatic heterocycles. The van der Waals surface area contributed by atoms with Gasteiger partial charge in [0.25, 0.3) is 0 Å². The van der Waals surface area contributed by atoms with E-state index in [0.29, 0.717) is 92.5 Å². The summed E-state index contributed by atoms with van der Waals surface area (Å²) in [4.78, 5) is 108. The van der Waals surface area contributed by atoms with E-state index in [2.05, 4.69) is 48.5 Å². The van der Waals surface area contributed by atoms with E-state index < -0.39 is 50.7 Å². The number of ether oxygens (including phenoxy) is 9. The second-order valence-electron chi connectivity index (χ2n) is 51.7. The Bertz CT molecular complexity index is 3980. The predicted octanol–water partition coefficient (Wildman–Crippen LogP) is 30.6. The molecule has 24 aliphatic rings. The lowest BCUT2D eigenvalue weighted by atomic mass is 9.46. The third kappa shape index (κ3) is 29.0. The van der Waals surface area contributed by atoms with Crippen LogP contribution in [0.3, 0.4) is 0 Å². The highest BCUT2D eigenvalue weighted by atomic mass is 16.6. The Morgan fingerprint density at radius 3 is 1.09 bits per heavy atom. The van der Waals surface area contributed by atoms with Crippen molar-refractivity contribution in [1.82, 2.24) is 0 Å². The fourth-order valence-electron chi connectivity index (χ4n) is 29.6. The second kappa shape index (κ2) is 51.7. The number of hydrogen-bond acceptors (Lipinski definition) is 21. The smallest absolute Gasteiger partial charge is 0.347 e. The van der Waals surface area contributed by atoms with Gasteiger partial charge in [0.2, 0.25) is 6.10 Å². The lowest BCUT2D eigenvalue weighted by molar-refractivity contribution is -0.264. The normalized spacial score (nSPS) is 37.0. The van der Waals surface area contributed by atoms with Crippen molar-refractivity contribution in [2.24, 2.45) is 144 Å². The van der Waals surface area contributed by atoms with E-state index in [-0.39, 0.29) is 226 Å². The Morgan fingerprint density at radius 1 is 0.368 bits per heavy atom.